The monoisotopic (exact) mass is 228 g/mol. The fourth-order valence-electron chi connectivity index (χ4n) is 2.11. The quantitative estimate of drug-likeness (QED) is 0.873. The van der Waals surface area contributed by atoms with E-state index in [4.69, 9.17) is 4.74 Å². The highest BCUT2D eigenvalue weighted by molar-refractivity contribution is 5.81. The van der Waals surface area contributed by atoms with Crippen LogP contribution < -0.4 is 5.32 Å². The van der Waals surface area contributed by atoms with Gasteiger partial charge in [0.1, 0.15) is 0 Å². The lowest BCUT2D eigenvalue weighted by atomic mass is 10.00. The molecule has 1 aliphatic heterocycles. The number of ether oxygens (including phenoxy) is 1. The Balaban J connectivity index is 1.85. The van der Waals surface area contributed by atoms with Crippen molar-refractivity contribution in [2.24, 2.45) is 0 Å². The van der Waals surface area contributed by atoms with Gasteiger partial charge in [0.15, 0.2) is 0 Å². The average molecular weight is 228 g/mol. The fourth-order valence-corrected chi connectivity index (χ4v) is 2.11. The maximum Gasteiger partial charge on any atom is 0.0906 e. The zero-order valence-corrected chi connectivity index (χ0v) is 9.94. The van der Waals surface area contributed by atoms with Crippen LogP contribution in [0.1, 0.15) is 12.5 Å². The van der Waals surface area contributed by atoms with Crippen molar-refractivity contribution in [3.05, 3.63) is 42.1 Å². The number of rotatable bonds is 3. The third kappa shape index (κ3) is 2.04. The van der Waals surface area contributed by atoms with Crippen LogP contribution in [0.4, 0.5) is 0 Å². The summed E-state index contributed by atoms with van der Waals surface area (Å²) in [6.45, 7) is 4.68. The van der Waals surface area contributed by atoms with Crippen molar-refractivity contribution in [2.45, 2.75) is 19.1 Å². The second-order valence-electron chi connectivity index (χ2n) is 4.83. The molecule has 0 spiro atoms. The molecule has 1 aliphatic rings. The number of nitrogens with zero attached hydrogens (tertiary/aromatic N) is 1. The first-order chi connectivity index (χ1) is 8.27. The van der Waals surface area contributed by atoms with Crippen LogP contribution in [0.3, 0.4) is 0 Å². The second kappa shape index (κ2) is 4.09. The number of nitrogens with one attached hydrogen (secondary N) is 1. The highest BCUT2D eigenvalue weighted by atomic mass is 16.5. The molecule has 0 unspecified atom stereocenters. The van der Waals surface area contributed by atoms with Gasteiger partial charge in [0.25, 0.3) is 0 Å². The maximum atomic E-state index is 5.97. The molecule has 1 aromatic carbocycles. The van der Waals surface area contributed by atoms with Crippen LogP contribution in [0.25, 0.3) is 10.9 Å². The van der Waals surface area contributed by atoms with Crippen molar-refractivity contribution in [1.82, 2.24) is 10.3 Å². The molecule has 3 heteroatoms. The minimum Gasteiger partial charge on any atom is -0.368 e. The van der Waals surface area contributed by atoms with E-state index in [1.54, 1.807) is 0 Å². The van der Waals surface area contributed by atoms with Crippen LogP contribution in [0.2, 0.25) is 0 Å². The third-order valence-corrected chi connectivity index (χ3v) is 3.31. The zero-order valence-electron chi connectivity index (χ0n) is 9.94. The number of hydrogen-bond donors (Lipinski definition) is 1. The normalized spacial score (nSPS) is 17.9. The van der Waals surface area contributed by atoms with Gasteiger partial charge >= 0.3 is 0 Å². The lowest BCUT2D eigenvalue weighted by molar-refractivity contribution is -0.0763. The summed E-state index contributed by atoms with van der Waals surface area (Å²) in [4.78, 5) is 4.35. The smallest absolute Gasteiger partial charge is 0.0906 e. The van der Waals surface area contributed by atoms with Crippen LogP contribution in [0.15, 0.2) is 36.5 Å². The first-order valence-corrected chi connectivity index (χ1v) is 5.94. The first-order valence-electron chi connectivity index (χ1n) is 5.94. The molecule has 0 amide bonds. The number of aromatic nitrogens is 1. The van der Waals surface area contributed by atoms with Gasteiger partial charge in [0.2, 0.25) is 0 Å². The Labute approximate surface area is 101 Å². The molecule has 0 bridgehead atoms. The summed E-state index contributed by atoms with van der Waals surface area (Å²) in [5, 5.41) is 4.42. The van der Waals surface area contributed by atoms with Gasteiger partial charge in [0, 0.05) is 24.7 Å². The van der Waals surface area contributed by atoms with E-state index in [0.29, 0.717) is 6.61 Å². The summed E-state index contributed by atoms with van der Waals surface area (Å²) in [6, 6.07) is 10.2. The standard InChI is InChI=1S/C14H16N2O/c1-14(9-15-10-14)17-8-11-6-7-16-13-5-3-2-4-12(11)13/h2-7,15H,8-10H2,1H3. The molecule has 88 valence electrons. The van der Waals surface area contributed by atoms with E-state index in [0.717, 1.165) is 18.6 Å². The van der Waals surface area contributed by atoms with Crippen LogP contribution in [-0.2, 0) is 11.3 Å². The number of para-hydroxylation sites is 1. The van der Waals surface area contributed by atoms with E-state index in [9.17, 15) is 0 Å². The van der Waals surface area contributed by atoms with Gasteiger partial charge in [-0.2, -0.15) is 0 Å². The molecule has 0 atom stereocenters. The van der Waals surface area contributed by atoms with E-state index in [1.807, 2.05) is 30.5 Å². The van der Waals surface area contributed by atoms with Gasteiger partial charge in [-0.1, -0.05) is 18.2 Å². The maximum absolute atomic E-state index is 5.97. The Kier molecular flexibility index (Phi) is 2.57. The highest BCUT2D eigenvalue weighted by Crippen LogP contribution is 2.21. The minimum absolute atomic E-state index is 0.00434. The van der Waals surface area contributed by atoms with E-state index < -0.39 is 0 Å². The first kappa shape index (κ1) is 10.7. The predicted octanol–water partition coefficient (Wildman–Crippen LogP) is 2.11. The Bertz CT molecular complexity index is 529. The van der Waals surface area contributed by atoms with Gasteiger partial charge in [-0.15, -0.1) is 0 Å². The molecule has 2 aromatic rings. The molecule has 2 heterocycles. The lowest BCUT2D eigenvalue weighted by Crippen LogP contribution is -2.58. The molecule has 17 heavy (non-hydrogen) atoms. The van der Waals surface area contributed by atoms with E-state index >= 15 is 0 Å². The zero-order chi connectivity index (χ0) is 11.7. The van der Waals surface area contributed by atoms with Crippen molar-refractivity contribution < 1.29 is 4.74 Å². The Morgan fingerprint density at radius 2 is 2.12 bits per heavy atom. The summed E-state index contributed by atoms with van der Waals surface area (Å²) >= 11 is 0. The largest absolute Gasteiger partial charge is 0.368 e. The van der Waals surface area contributed by atoms with Crippen molar-refractivity contribution in [3.63, 3.8) is 0 Å². The van der Waals surface area contributed by atoms with E-state index in [2.05, 4.69) is 23.3 Å². The number of pyridine rings is 1. The lowest BCUT2D eigenvalue weighted by Gasteiger charge is -2.39. The number of fused-ring (bicyclic) bond motifs is 1. The molecule has 1 saturated heterocycles. The van der Waals surface area contributed by atoms with Gasteiger partial charge in [-0.3, -0.25) is 4.98 Å². The van der Waals surface area contributed by atoms with Crippen molar-refractivity contribution in [2.75, 3.05) is 13.1 Å². The minimum atomic E-state index is 0.00434. The molecule has 0 saturated carbocycles. The summed E-state index contributed by atoms with van der Waals surface area (Å²) in [6.07, 6.45) is 1.85. The summed E-state index contributed by atoms with van der Waals surface area (Å²) < 4.78 is 5.97. The molecule has 1 N–H and O–H groups in total. The topological polar surface area (TPSA) is 34.1 Å². The third-order valence-electron chi connectivity index (χ3n) is 3.31. The molecule has 0 radical (unpaired) electrons. The second-order valence-corrected chi connectivity index (χ2v) is 4.83. The van der Waals surface area contributed by atoms with Crippen LogP contribution in [-0.4, -0.2) is 23.7 Å². The molecule has 1 aromatic heterocycles. The molecule has 3 nitrogen and oxygen atoms in total. The Morgan fingerprint density at radius 1 is 1.29 bits per heavy atom. The number of hydrogen-bond acceptors (Lipinski definition) is 3. The fraction of sp³-hybridized carbons (Fsp3) is 0.357. The van der Waals surface area contributed by atoms with Crippen molar-refractivity contribution >= 4 is 10.9 Å². The van der Waals surface area contributed by atoms with E-state index in [1.165, 1.54) is 10.9 Å². The predicted molar refractivity (Wildman–Crippen MR) is 67.8 cm³/mol. The van der Waals surface area contributed by atoms with Gasteiger partial charge in [-0.05, 0) is 24.6 Å². The van der Waals surface area contributed by atoms with Gasteiger partial charge in [-0.25, -0.2) is 0 Å². The molecule has 1 fully saturated rings. The van der Waals surface area contributed by atoms with Crippen molar-refractivity contribution in [1.29, 1.82) is 0 Å². The SMILES string of the molecule is CC1(OCc2ccnc3ccccc23)CNC1. The Morgan fingerprint density at radius 3 is 2.88 bits per heavy atom. The molecule has 3 rings (SSSR count). The van der Waals surface area contributed by atoms with Crippen LogP contribution in [0, 0.1) is 0 Å². The number of benzene rings is 1. The van der Waals surface area contributed by atoms with Crippen LogP contribution >= 0.6 is 0 Å². The molecular formula is C14H16N2O. The summed E-state index contributed by atoms with van der Waals surface area (Å²) in [5.41, 5.74) is 2.25. The highest BCUT2D eigenvalue weighted by Gasteiger charge is 2.32. The molecular weight excluding hydrogens is 212 g/mol. The summed E-state index contributed by atoms with van der Waals surface area (Å²) in [7, 11) is 0. The van der Waals surface area contributed by atoms with E-state index in [-0.39, 0.29) is 5.60 Å². The Hall–Kier alpha value is -1.45. The van der Waals surface area contributed by atoms with Crippen molar-refractivity contribution in [3.8, 4) is 0 Å². The average Bonchev–Trinajstić information content (AvgIpc) is 2.34. The summed E-state index contributed by atoms with van der Waals surface area (Å²) in [5.74, 6) is 0. The van der Waals surface area contributed by atoms with Crippen LogP contribution in [0.5, 0.6) is 0 Å². The van der Waals surface area contributed by atoms with Gasteiger partial charge in [0.05, 0.1) is 17.7 Å². The molecule has 0 aliphatic carbocycles. The van der Waals surface area contributed by atoms with Gasteiger partial charge < -0.3 is 10.1 Å².